The van der Waals surface area contributed by atoms with Crippen molar-refractivity contribution in [3.8, 4) is 28.6 Å². The summed E-state index contributed by atoms with van der Waals surface area (Å²) < 4.78 is 28.7. The van der Waals surface area contributed by atoms with Crippen LogP contribution in [0.2, 0.25) is 0 Å². The number of carbonyl (C=O) groups excluding carboxylic acids is 1. The van der Waals surface area contributed by atoms with Gasteiger partial charge in [-0.05, 0) is 38.0 Å². The Labute approximate surface area is 178 Å². The van der Waals surface area contributed by atoms with E-state index in [2.05, 4.69) is 10.2 Å². The highest BCUT2D eigenvalue weighted by Crippen LogP contribution is 2.38. The number of nitrogens with two attached hydrogens (primary N) is 1. The lowest BCUT2D eigenvalue weighted by atomic mass is 10.1. The molecule has 0 radical (unpaired) electrons. The van der Waals surface area contributed by atoms with Crippen LogP contribution < -0.4 is 5.73 Å². The molecule has 1 amide bonds. The van der Waals surface area contributed by atoms with Crippen molar-refractivity contribution >= 4 is 15.9 Å². The molecule has 10 nitrogen and oxygen atoms in total. The molecule has 1 aromatic heterocycles. The molecule has 162 valence electrons. The van der Waals surface area contributed by atoms with Crippen LogP contribution in [0, 0.1) is 6.92 Å². The Morgan fingerprint density at radius 3 is 2.29 bits per heavy atom. The molecule has 1 aliphatic heterocycles. The molecule has 11 heteroatoms. The maximum Gasteiger partial charge on any atom is 0.287 e. The topological polar surface area (TPSA) is 152 Å². The minimum Gasteiger partial charge on any atom is -0.507 e. The Morgan fingerprint density at radius 1 is 1.03 bits per heavy atom. The van der Waals surface area contributed by atoms with Crippen LogP contribution in [0.1, 0.15) is 29.0 Å². The van der Waals surface area contributed by atoms with E-state index >= 15 is 0 Å². The average molecular weight is 443 g/mol. The number of aryl methyl sites for hydroxylation is 1. The molecule has 4 rings (SSSR count). The predicted octanol–water partition coefficient (Wildman–Crippen LogP) is 1.54. The number of amides is 1. The number of aromatic hydroxyl groups is 2. The predicted molar refractivity (Wildman–Crippen MR) is 111 cm³/mol. The van der Waals surface area contributed by atoms with Crippen LogP contribution in [-0.2, 0) is 10.0 Å². The summed E-state index contributed by atoms with van der Waals surface area (Å²) in [6.07, 6.45) is 1.46. The highest BCUT2D eigenvalue weighted by Gasteiger charge is 2.32. The van der Waals surface area contributed by atoms with Crippen LogP contribution >= 0.6 is 0 Å². The second-order valence-corrected chi connectivity index (χ2v) is 9.24. The van der Waals surface area contributed by atoms with Crippen LogP contribution in [0.5, 0.6) is 11.5 Å². The fourth-order valence-corrected chi connectivity index (χ4v) is 5.17. The van der Waals surface area contributed by atoms with E-state index in [-0.39, 0.29) is 22.1 Å². The molecule has 0 unspecified atom stereocenters. The first-order valence-corrected chi connectivity index (χ1v) is 11.0. The van der Waals surface area contributed by atoms with Gasteiger partial charge >= 0.3 is 0 Å². The summed E-state index contributed by atoms with van der Waals surface area (Å²) in [5, 5.41) is 28.6. The second kappa shape index (κ2) is 7.67. The van der Waals surface area contributed by atoms with Crippen molar-refractivity contribution in [2.75, 3.05) is 13.1 Å². The number of phenols is 2. The molecule has 2 aromatic carbocycles. The van der Waals surface area contributed by atoms with Gasteiger partial charge in [0, 0.05) is 24.8 Å². The van der Waals surface area contributed by atoms with Crippen LogP contribution in [0.25, 0.3) is 17.1 Å². The first kappa shape index (κ1) is 20.8. The zero-order valence-corrected chi connectivity index (χ0v) is 17.5. The highest BCUT2D eigenvalue weighted by molar-refractivity contribution is 7.89. The van der Waals surface area contributed by atoms with Crippen molar-refractivity contribution in [3.63, 3.8) is 0 Å². The van der Waals surface area contributed by atoms with Crippen LogP contribution in [0.3, 0.4) is 0 Å². The van der Waals surface area contributed by atoms with E-state index in [1.54, 1.807) is 12.1 Å². The summed E-state index contributed by atoms with van der Waals surface area (Å²) in [4.78, 5) is 11.6. The van der Waals surface area contributed by atoms with E-state index < -0.39 is 27.4 Å². The first-order chi connectivity index (χ1) is 14.7. The molecule has 3 aromatic rings. The van der Waals surface area contributed by atoms with Gasteiger partial charge in [-0.15, -0.1) is 10.2 Å². The maximum atomic E-state index is 13.0. The summed E-state index contributed by atoms with van der Waals surface area (Å²) in [6, 6.07) is 9.13. The monoisotopic (exact) mass is 443 g/mol. The van der Waals surface area contributed by atoms with Gasteiger partial charge in [-0.25, -0.2) is 8.42 Å². The van der Waals surface area contributed by atoms with Crippen LogP contribution in [0.4, 0.5) is 0 Å². The van der Waals surface area contributed by atoms with Crippen LogP contribution in [-0.4, -0.2) is 56.7 Å². The molecule has 0 atom stereocenters. The van der Waals surface area contributed by atoms with E-state index in [0.29, 0.717) is 18.8 Å². The molecule has 0 bridgehead atoms. The van der Waals surface area contributed by atoms with Gasteiger partial charge in [0.25, 0.3) is 5.91 Å². The van der Waals surface area contributed by atoms with E-state index in [1.807, 2.05) is 19.1 Å². The third kappa shape index (κ3) is 3.62. The molecule has 0 saturated carbocycles. The third-order valence-corrected chi connectivity index (χ3v) is 7.10. The minimum atomic E-state index is -3.99. The van der Waals surface area contributed by atoms with E-state index in [0.717, 1.165) is 30.5 Å². The second-order valence-electron chi connectivity index (χ2n) is 7.33. The Bertz CT molecular complexity index is 1260. The molecule has 1 saturated heterocycles. The molecule has 0 spiro atoms. The number of aromatic nitrogens is 3. The molecular weight excluding hydrogens is 422 g/mol. The van der Waals surface area contributed by atoms with Gasteiger partial charge in [0.1, 0.15) is 16.4 Å². The minimum absolute atomic E-state index is 0.00743. The number of sulfonamides is 1. The molecule has 2 heterocycles. The Hall–Kier alpha value is -3.44. The number of hydrogen-bond donors (Lipinski definition) is 3. The van der Waals surface area contributed by atoms with Crippen molar-refractivity contribution in [1.29, 1.82) is 0 Å². The lowest BCUT2D eigenvalue weighted by molar-refractivity contribution is 0.0988. The summed E-state index contributed by atoms with van der Waals surface area (Å²) in [5.41, 5.74) is 6.91. The van der Waals surface area contributed by atoms with E-state index in [4.69, 9.17) is 5.73 Å². The largest absolute Gasteiger partial charge is 0.507 e. The zero-order chi connectivity index (χ0) is 22.3. The molecule has 4 N–H and O–H groups in total. The molecule has 0 aliphatic carbocycles. The number of phenolic OH excluding ortho intramolecular Hbond substituents is 2. The lowest BCUT2D eigenvalue weighted by Gasteiger charge is -2.18. The quantitative estimate of drug-likeness (QED) is 0.541. The highest BCUT2D eigenvalue weighted by atomic mass is 32.2. The summed E-state index contributed by atoms with van der Waals surface area (Å²) >= 11 is 0. The SMILES string of the molecule is Cc1ccc(-n2c(C(N)=O)nnc2-c2cc(S(=O)(=O)N3CCCC3)c(O)cc2O)cc1. The zero-order valence-electron chi connectivity index (χ0n) is 16.7. The van der Waals surface area contributed by atoms with Gasteiger partial charge < -0.3 is 15.9 Å². The van der Waals surface area contributed by atoms with E-state index in [9.17, 15) is 23.4 Å². The van der Waals surface area contributed by atoms with Crippen molar-refractivity contribution in [2.45, 2.75) is 24.7 Å². The number of nitrogens with zero attached hydrogens (tertiary/aromatic N) is 4. The molecule has 1 aliphatic rings. The Kier molecular flexibility index (Phi) is 5.15. The molecule has 31 heavy (non-hydrogen) atoms. The van der Waals surface area contributed by atoms with Gasteiger partial charge in [0.05, 0.1) is 5.56 Å². The number of benzene rings is 2. The normalized spacial score (nSPS) is 14.7. The van der Waals surface area contributed by atoms with Crippen molar-refractivity contribution in [1.82, 2.24) is 19.1 Å². The Balaban J connectivity index is 1.93. The maximum absolute atomic E-state index is 13.0. The fourth-order valence-electron chi connectivity index (χ4n) is 3.57. The number of carbonyl (C=O) groups is 1. The smallest absolute Gasteiger partial charge is 0.287 e. The summed E-state index contributed by atoms with van der Waals surface area (Å²) in [5.74, 6) is -2.02. The molecule has 1 fully saturated rings. The summed E-state index contributed by atoms with van der Waals surface area (Å²) in [6.45, 7) is 2.60. The molecular formula is C20H21N5O5S. The van der Waals surface area contributed by atoms with Crippen LogP contribution in [0.15, 0.2) is 41.3 Å². The fraction of sp³-hybridized carbons (Fsp3) is 0.250. The average Bonchev–Trinajstić information content (AvgIpc) is 3.39. The van der Waals surface area contributed by atoms with Crippen molar-refractivity contribution < 1.29 is 23.4 Å². The van der Waals surface area contributed by atoms with Gasteiger partial charge in [-0.2, -0.15) is 4.31 Å². The van der Waals surface area contributed by atoms with Gasteiger partial charge in [0.2, 0.25) is 15.8 Å². The standard InChI is InChI=1S/C20H21N5O5S/c1-12-4-6-13(7-5-12)25-19(22-23-20(25)18(21)28)14-10-17(16(27)11-15(14)26)31(29,30)24-8-2-3-9-24/h4-7,10-11,26-27H,2-3,8-9H2,1H3,(H2,21,28). The number of rotatable bonds is 5. The van der Waals surface area contributed by atoms with Crippen molar-refractivity contribution in [2.24, 2.45) is 5.73 Å². The number of hydrogen-bond acceptors (Lipinski definition) is 7. The summed E-state index contributed by atoms with van der Waals surface area (Å²) in [7, 11) is -3.99. The van der Waals surface area contributed by atoms with E-state index in [1.165, 1.54) is 8.87 Å². The van der Waals surface area contributed by atoms with Gasteiger partial charge in [-0.3, -0.25) is 9.36 Å². The first-order valence-electron chi connectivity index (χ1n) is 9.59. The Morgan fingerprint density at radius 2 is 1.68 bits per heavy atom. The van der Waals surface area contributed by atoms with Gasteiger partial charge in [0.15, 0.2) is 5.82 Å². The van der Waals surface area contributed by atoms with Gasteiger partial charge in [-0.1, -0.05) is 17.7 Å². The van der Waals surface area contributed by atoms with Crippen molar-refractivity contribution in [3.05, 3.63) is 47.8 Å². The number of primary amides is 1. The lowest BCUT2D eigenvalue weighted by Crippen LogP contribution is -2.28. The third-order valence-electron chi connectivity index (χ3n) is 5.18.